The highest BCUT2D eigenvalue weighted by Crippen LogP contribution is 2.18. The minimum atomic E-state index is -0.439. The summed E-state index contributed by atoms with van der Waals surface area (Å²) in [7, 11) is 3.99. The summed E-state index contributed by atoms with van der Waals surface area (Å²) < 4.78 is 23.7. The number of carbonyl (C=O) groups excluding carboxylic acids is 3. The fourth-order valence-electron chi connectivity index (χ4n) is 6.07. The second kappa shape index (κ2) is 41.3. The molecule has 1 amide bonds. The molecule has 0 radical (unpaired) electrons. The monoisotopic (exact) mass is 811 g/mol. The number of hydrogen-bond donors (Lipinski definition) is 0. The molecule has 0 fully saturated rings. The molecule has 0 saturated heterocycles. The van der Waals surface area contributed by atoms with Crippen molar-refractivity contribution in [3.05, 3.63) is 24.3 Å². The van der Waals surface area contributed by atoms with Crippen molar-refractivity contribution in [1.29, 1.82) is 0 Å². The van der Waals surface area contributed by atoms with Gasteiger partial charge in [0.05, 0.1) is 13.0 Å². The Kier molecular flexibility index (Phi) is 39.9. The predicted octanol–water partition coefficient (Wildman–Crippen LogP) is 12.1. The van der Waals surface area contributed by atoms with E-state index in [2.05, 4.69) is 56.9 Å². The van der Waals surface area contributed by atoms with Crippen molar-refractivity contribution in [1.82, 2.24) is 9.80 Å². The Hall–Kier alpha value is -1.88. The van der Waals surface area contributed by atoms with Gasteiger partial charge in [0.15, 0.2) is 6.29 Å². The molecule has 0 N–H and O–H groups in total. The SMILES string of the molecule is CC/C=C\CCCCOC(CCC(=O)OCCN(CCCCCC(=O)OC(CCCCCC)CCCCCC)C(=O)SCCN(C)C)OCCCC/C=C\CC. The number of amides is 1. The van der Waals surface area contributed by atoms with Crippen LogP contribution in [-0.2, 0) is 28.5 Å². The van der Waals surface area contributed by atoms with E-state index in [9.17, 15) is 14.4 Å². The minimum absolute atomic E-state index is 0.00599. The van der Waals surface area contributed by atoms with Crippen LogP contribution in [0.25, 0.3) is 0 Å². The number of nitrogens with zero attached hydrogens (tertiary/aromatic N) is 2. The Balaban J connectivity index is 4.89. The molecule has 0 aromatic carbocycles. The van der Waals surface area contributed by atoms with Crippen LogP contribution in [0.1, 0.15) is 182 Å². The topological polar surface area (TPSA) is 94.6 Å². The smallest absolute Gasteiger partial charge is 0.306 e. The number of rotatable bonds is 40. The highest BCUT2D eigenvalue weighted by molar-refractivity contribution is 8.13. The van der Waals surface area contributed by atoms with Gasteiger partial charge in [-0.3, -0.25) is 14.4 Å². The fourth-order valence-corrected chi connectivity index (χ4v) is 7.07. The molecule has 0 bridgehead atoms. The van der Waals surface area contributed by atoms with Gasteiger partial charge in [0.1, 0.15) is 12.7 Å². The van der Waals surface area contributed by atoms with Gasteiger partial charge in [-0.2, -0.15) is 0 Å². The quantitative estimate of drug-likeness (QED) is 0.0259. The maximum absolute atomic E-state index is 13.2. The van der Waals surface area contributed by atoms with Crippen molar-refractivity contribution < 1.29 is 33.3 Å². The Bertz CT molecular complexity index is 941. The van der Waals surface area contributed by atoms with E-state index in [0.29, 0.717) is 44.9 Å². The zero-order valence-corrected chi connectivity index (χ0v) is 37.9. The zero-order chi connectivity index (χ0) is 41.3. The molecule has 0 aliphatic carbocycles. The molecule has 0 heterocycles. The van der Waals surface area contributed by atoms with Gasteiger partial charge < -0.3 is 28.7 Å². The number of unbranched alkanes of at least 4 members (excludes halogenated alkanes) is 12. The largest absolute Gasteiger partial charge is 0.464 e. The lowest BCUT2D eigenvalue weighted by Crippen LogP contribution is -2.33. The van der Waals surface area contributed by atoms with Crippen LogP contribution in [0.15, 0.2) is 24.3 Å². The molecule has 0 aromatic heterocycles. The normalized spacial score (nSPS) is 11.9. The van der Waals surface area contributed by atoms with Crippen LogP contribution in [0.5, 0.6) is 0 Å². The molecule has 56 heavy (non-hydrogen) atoms. The molecule has 0 spiro atoms. The predicted molar refractivity (Wildman–Crippen MR) is 236 cm³/mol. The van der Waals surface area contributed by atoms with Gasteiger partial charge in [0.25, 0.3) is 5.24 Å². The van der Waals surface area contributed by atoms with Crippen LogP contribution in [0.4, 0.5) is 4.79 Å². The number of allylic oxidation sites excluding steroid dienone is 4. The first kappa shape index (κ1) is 54.1. The van der Waals surface area contributed by atoms with E-state index in [0.717, 1.165) is 103 Å². The minimum Gasteiger partial charge on any atom is -0.464 e. The maximum Gasteiger partial charge on any atom is 0.306 e. The molecule has 0 aliphatic rings. The average molecular weight is 811 g/mol. The summed E-state index contributed by atoms with van der Waals surface area (Å²) in [6.45, 7) is 11.8. The summed E-state index contributed by atoms with van der Waals surface area (Å²) in [5, 5.41) is -0.00599. The maximum atomic E-state index is 13.2. The standard InChI is InChI=1S/C46H86N2O7S/c1-7-11-15-19-21-28-38-53-45(54-39-29-22-20-16-12-8-2)34-33-43(49)52-40-36-48(46(51)56-41-37-47(5)6)35-27-23-26-32-44(50)55-42(30-24-17-13-9-3)31-25-18-14-10-4/h11-12,15-16,42,45H,7-10,13-14,17-41H2,1-6H3/b15-11-,16-12-. The summed E-state index contributed by atoms with van der Waals surface area (Å²) in [4.78, 5) is 42.6. The lowest BCUT2D eigenvalue weighted by molar-refractivity contribution is -0.159. The van der Waals surface area contributed by atoms with Crippen LogP contribution in [-0.4, -0.2) is 98.7 Å². The van der Waals surface area contributed by atoms with Crippen molar-refractivity contribution in [2.45, 2.75) is 194 Å². The van der Waals surface area contributed by atoms with Gasteiger partial charge in [-0.1, -0.05) is 109 Å². The summed E-state index contributed by atoms with van der Waals surface area (Å²) in [5.74, 6) is 0.285. The van der Waals surface area contributed by atoms with E-state index in [1.807, 2.05) is 14.1 Å². The average Bonchev–Trinajstić information content (AvgIpc) is 3.17. The first-order valence-electron chi connectivity index (χ1n) is 22.7. The third-order valence-corrected chi connectivity index (χ3v) is 10.4. The number of esters is 2. The molecular formula is C46H86N2O7S. The van der Waals surface area contributed by atoms with Crippen molar-refractivity contribution in [2.75, 3.05) is 59.3 Å². The highest BCUT2D eigenvalue weighted by atomic mass is 32.2. The molecule has 10 heteroatoms. The fraction of sp³-hybridized carbons (Fsp3) is 0.848. The molecule has 0 rings (SSSR count). The summed E-state index contributed by atoms with van der Waals surface area (Å²) >= 11 is 1.30. The van der Waals surface area contributed by atoms with Crippen molar-refractivity contribution in [2.24, 2.45) is 0 Å². The first-order chi connectivity index (χ1) is 27.3. The van der Waals surface area contributed by atoms with Crippen LogP contribution >= 0.6 is 11.8 Å². The number of hydrogen-bond acceptors (Lipinski definition) is 9. The van der Waals surface area contributed by atoms with Crippen LogP contribution in [0, 0.1) is 0 Å². The van der Waals surface area contributed by atoms with Crippen molar-refractivity contribution in [3.8, 4) is 0 Å². The van der Waals surface area contributed by atoms with Gasteiger partial charge in [0, 0.05) is 44.9 Å². The molecule has 328 valence electrons. The van der Waals surface area contributed by atoms with E-state index in [4.69, 9.17) is 18.9 Å². The Morgan fingerprint density at radius 2 is 1.16 bits per heavy atom. The lowest BCUT2D eigenvalue weighted by Gasteiger charge is -2.23. The zero-order valence-electron chi connectivity index (χ0n) is 37.0. The third kappa shape index (κ3) is 36.5. The molecule has 0 atom stereocenters. The Morgan fingerprint density at radius 3 is 1.71 bits per heavy atom. The van der Waals surface area contributed by atoms with Crippen LogP contribution in [0.2, 0.25) is 0 Å². The summed E-state index contributed by atoms with van der Waals surface area (Å²) in [6.07, 6.45) is 31.4. The first-order valence-corrected chi connectivity index (χ1v) is 23.7. The number of ether oxygens (including phenoxy) is 4. The van der Waals surface area contributed by atoms with E-state index >= 15 is 0 Å². The molecular weight excluding hydrogens is 725 g/mol. The van der Waals surface area contributed by atoms with Gasteiger partial charge in [-0.15, -0.1) is 0 Å². The summed E-state index contributed by atoms with van der Waals surface area (Å²) in [6, 6.07) is 0. The molecule has 0 unspecified atom stereocenters. The van der Waals surface area contributed by atoms with Crippen molar-refractivity contribution in [3.63, 3.8) is 0 Å². The van der Waals surface area contributed by atoms with E-state index in [1.165, 1.54) is 50.3 Å². The molecule has 0 aliphatic heterocycles. The highest BCUT2D eigenvalue weighted by Gasteiger charge is 2.18. The molecule has 0 aromatic rings. The Labute approximate surface area is 348 Å². The van der Waals surface area contributed by atoms with E-state index in [-0.39, 0.29) is 36.3 Å². The second-order valence-electron chi connectivity index (χ2n) is 15.2. The molecule has 9 nitrogen and oxygen atoms in total. The summed E-state index contributed by atoms with van der Waals surface area (Å²) in [5.41, 5.74) is 0. The van der Waals surface area contributed by atoms with Gasteiger partial charge in [-0.05, 0) is 104 Å². The van der Waals surface area contributed by atoms with Crippen LogP contribution < -0.4 is 0 Å². The van der Waals surface area contributed by atoms with Gasteiger partial charge in [0.2, 0.25) is 0 Å². The van der Waals surface area contributed by atoms with Gasteiger partial charge >= 0.3 is 11.9 Å². The third-order valence-electron chi connectivity index (χ3n) is 9.54. The van der Waals surface area contributed by atoms with E-state index in [1.54, 1.807) is 4.90 Å². The van der Waals surface area contributed by atoms with E-state index < -0.39 is 6.29 Å². The second-order valence-corrected chi connectivity index (χ2v) is 16.3. The van der Waals surface area contributed by atoms with Crippen LogP contribution in [0.3, 0.4) is 0 Å². The van der Waals surface area contributed by atoms with Crippen molar-refractivity contribution >= 4 is 28.9 Å². The number of carbonyl (C=O) groups is 3. The Morgan fingerprint density at radius 1 is 0.571 bits per heavy atom. The lowest BCUT2D eigenvalue weighted by atomic mass is 10.0. The molecule has 0 saturated carbocycles. The number of thioether (sulfide) groups is 1. The van der Waals surface area contributed by atoms with Gasteiger partial charge in [-0.25, -0.2) is 0 Å².